The minimum atomic E-state index is 0.261. The monoisotopic (exact) mass is 247 g/mol. The first-order valence-electron chi connectivity index (χ1n) is 6.98. The summed E-state index contributed by atoms with van der Waals surface area (Å²) in [5.74, 6) is 0.261. The third-order valence-electron chi connectivity index (χ3n) is 3.84. The average Bonchev–Trinajstić information content (AvgIpc) is 2.88. The first-order chi connectivity index (χ1) is 8.83. The molecular weight excluding hydrogens is 226 g/mol. The van der Waals surface area contributed by atoms with Gasteiger partial charge in [0, 0.05) is 37.6 Å². The zero-order chi connectivity index (χ0) is 12.4. The predicted octanol–water partition coefficient (Wildman–Crippen LogP) is 1.36. The number of aromatic nitrogens is 1. The van der Waals surface area contributed by atoms with Gasteiger partial charge in [-0.05, 0) is 37.8 Å². The van der Waals surface area contributed by atoms with Crippen LogP contribution in [-0.2, 0) is 17.9 Å². The molecule has 1 aromatic heterocycles. The molecule has 2 aliphatic rings. The fourth-order valence-corrected chi connectivity index (χ4v) is 2.51. The van der Waals surface area contributed by atoms with Gasteiger partial charge < -0.3 is 14.8 Å². The zero-order valence-corrected chi connectivity index (χ0v) is 10.8. The Labute approximate surface area is 108 Å². The number of carbonyl (C=O) groups excluding carboxylic acids is 1. The fourth-order valence-electron chi connectivity index (χ4n) is 2.51. The molecule has 1 saturated heterocycles. The Kier molecular flexibility index (Phi) is 3.37. The van der Waals surface area contributed by atoms with Crippen LogP contribution in [0.5, 0.6) is 0 Å². The molecule has 0 bridgehead atoms. The largest absolute Gasteiger partial charge is 0.341 e. The summed E-state index contributed by atoms with van der Waals surface area (Å²) < 4.78 is 2.08. The topological polar surface area (TPSA) is 37.3 Å². The van der Waals surface area contributed by atoms with E-state index in [-0.39, 0.29) is 5.91 Å². The lowest BCUT2D eigenvalue weighted by Gasteiger charge is -2.17. The Hall–Kier alpha value is -1.29. The highest BCUT2D eigenvalue weighted by Crippen LogP contribution is 2.19. The first-order valence-corrected chi connectivity index (χ1v) is 6.98. The van der Waals surface area contributed by atoms with E-state index in [0.717, 1.165) is 32.5 Å². The van der Waals surface area contributed by atoms with Crippen LogP contribution < -0.4 is 5.32 Å². The van der Waals surface area contributed by atoms with E-state index < -0.39 is 0 Å². The summed E-state index contributed by atoms with van der Waals surface area (Å²) in [6.07, 6.45) is 6.93. The van der Waals surface area contributed by atoms with Crippen molar-refractivity contribution in [1.29, 1.82) is 0 Å². The SMILES string of the molecule is O=C(Cn1cccc1CNC1CC1)N1CCCC1. The van der Waals surface area contributed by atoms with E-state index >= 15 is 0 Å². The first kappa shape index (κ1) is 11.8. The lowest BCUT2D eigenvalue weighted by molar-refractivity contribution is -0.130. The molecule has 0 atom stereocenters. The molecule has 4 heteroatoms. The van der Waals surface area contributed by atoms with Gasteiger partial charge in [-0.3, -0.25) is 4.79 Å². The van der Waals surface area contributed by atoms with Crippen molar-refractivity contribution in [3.8, 4) is 0 Å². The van der Waals surface area contributed by atoms with E-state index in [1.54, 1.807) is 0 Å². The molecule has 0 unspecified atom stereocenters. The van der Waals surface area contributed by atoms with Gasteiger partial charge in [-0.25, -0.2) is 0 Å². The molecule has 1 amide bonds. The minimum absolute atomic E-state index is 0.261. The second kappa shape index (κ2) is 5.14. The summed E-state index contributed by atoms with van der Waals surface area (Å²) in [7, 11) is 0. The number of carbonyl (C=O) groups is 1. The number of amides is 1. The molecule has 3 rings (SSSR count). The van der Waals surface area contributed by atoms with Gasteiger partial charge in [0.1, 0.15) is 6.54 Å². The Bertz CT molecular complexity index is 416. The summed E-state index contributed by atoms with van der Waals surface area (Å²) in [6.45, 7) is 3.26. The molecule has 0 aromatic carbocycles. The van der Waals surface area contributed by atoms with Gasteiger partial charge in [-0.15, -0.1) is 0 Å². The van der Waals surface area contributed by atoms with Crippen LogP contribution in [0.25, 0.3) is 0 Å². The molecule has 1 saturated carbocycles. The highest BCUT2D eigenvalue weighted by atomic mass is 16.2. The number of hydrogen-bond donors (Lipinski definition) is 1. The summed E-state index contributed by atoms with van der Waals surface area (Å²) in [5.41, 5.74) is 1.22. The number of nitrogens with zero attached hydrogens (tertiary/aromatic N) is 2. The molecule has 2 fully saturated rings. The third-order valence-corrected chi connectivity index (χ3v) is 3.84. The normalized spacial score (nSPS) is 19.4. The maximum absolute atomic E-state index is 12.1. The van der Waals surface area contributed by atoms with Crippen molar-refractivity contribution < 1.29 is 4.79 Å². The van der Waals surface area contributed by atoms with Crippen LogP contribution in [0.2, 0.25) is 0 Å². The standard InChI is InChI=1S/C14H21N3O/c18-14(16-7-1-2-8-16)11-17-9-3-4-13(17)10-15-12-5-6-12/h3-4,9,12,15H,1-2,5-8,10-11H2. The maximum Gasteiger partial charge on any atom is 0.242 e. The van der Waals surface area contributed by atoms with E-state index in [1.807, 2.05) is 17.2 Å². The van der Waals surface area contributed by atoms with Gasteiger partial charge in [-0.1, -0.05) is 0 Å². The highest BCUT2D eigenvalue weighted by Gasteiger charge is 2.21. The summed E-state index contributed by atoms with van der Waals surface area (Å²) in [4.78, 5) is 14.1. The molecule has 0 spiro atoms. The molecule has 4 nitrogen and oxygen atoms in total. The Balaban J connectivity index is 1.57. The van der Waals surface area contributed by atoms with E-state index in [0.29, 0.717) is 12.6 Å². The van der Waals surface area contributed by atoms with Crippen LogP contribution in [0, 0.1) is 0 Å². The van der Waals surface area contributed by atoms with Crippen LogP contribution >= 0.6 is 0 Å². The molecule has 2 heterocycles. The minimum Gasteiger partial charge on any atom is -0.341 e. The van der Waals surface area contributed by atoms with Gasteiger partial charge in [0.05, 0.1) is 0 Å². The van der Waals surface area contributed by atoms with Crippen molar-refractivity contribution in [2.45, 2.75) is 44.8 Å². The summed E-state index contributed by atoms with van der Waals surface area (Å²) in [6, 6.07) is 4.84. The molecule has 1 aliphatic carbocycles. The Morgan fingerprint density at radius 3 is 2.83 bits per heavy atom. The Morgan fingerprint density at radius 2 is 2.11 bits per heavy atom. The lowest BCUT2D eigenvalue weighted by atomic mass is 10.4. The second-order valence-corrected chi connectivity index (χ2v) is 5.37. The molecule has 1 aromatic rings. The van der Waals surface area contributed by atoms with Gasteiger partial charge in [0.2, 0.25) is 5.91 Å². The van der Waals surface area contributed by atoms with Crippen LogP contribution in [0.15, 0.2) is 18.3 Å². The second-order valence-electron chi connectivity index (χ2n) is 5.37. The van der Waals surface area contributed by atoms with Crippen LogP contribution in [0.4, 0.5) is 0 Å². The van der Waals surface area contributed by atoms with Crippen molar-refractivity contribution in [3.05, 3.63) is 24.0 Å². The van der Waals surface area contributed by atoms with E-state index in [9.17, 15) is 4.79 Å². The van der Waals surface area contributed by atoms with Gasteiger partial charge in [0.25, 0.3) is 0 Å². The van der Waals surface area contributed by atoms with Gasteiger partial charge >= 0.3 is 0 Å². The number of hydrogen-bond acceptors (Lipinski definition) is 2. The van der Waals surface area contributed by atoms with Crippen molar-refractivity contribution in [2.24, 2.45) is 0 Å². The molecule has 18 heavy (non-hydrogen) atoms. The molecule has 98 valence electrons. The van der Waals surface area contributed by atoms with E-state index in [2.05, 4.69) is 16.0 Å². The number of likely N-dealkylation sites (tertiary alicyclic amines) is 1. The van der Waals surface area contributed by atoms with Crippen LogP contribution in [0.3, 0.4) is 0 Å². The lowest BCUT2D eigenvalue weighted by Crippen LogP contribution is -2.31. The number of nitrogens with one attached hydrogen (secondary N) is 1. The summed E-state index contributed by atoms with van der Waals surface area (Å²) >= 11 is 0. The molecular formula is C14H21N3O. The summed E-state index contributed by atoms with van der Waals surface area (Å²) in [5, 5.41) is 3.50. The Morgan fingerprint density at radius 1 is 1.33 bits per heavy atom. The molecule has 1 N–H and O–H groups in total. The molecule has 1 aliphatic heterocycles. The third kappa shape index (κ3) is 2.75. The predicted molar refractivity (Wildman–Crippen MR) is 70.1 cm³/mol. The molecule has 0 radical (unpaired) electrons. The fraction of sp³-hybridized carbons (Fsp3) is 0.643. The van der Waals surface area contributed by atoms with Crippen molar-refractivity contribution in [1.82, 2.24) is 14.8 Å². The highest BCUT2D eigenvalue weighted by molar-refractivity contribution is 5.76. The van der Waals surface area contributed by atoms with E-state index in [1.165, 1.54) is 18.5 Å². The van der Waals surface area contributed by atoms with E-state index in [4.69, 9.17) is 0 Å². The average molecular weight is 247 g/mol. The van der Waals surface area contributed by atoms with Gasteiger partial charge in [0.15, 0.2) is 0 Å². The van der Waals surface area contributed by atoms with Crippen molar-refractivity contribution >= 4 is 5.91 Å². The van der Waals surface area contributed by atoms with Crippen LogP contribution in [0.1, 0.15) is 31.4 Å². The van der Waals surface area contributed by atoms with Gasteiger partial charge in [-0.2, -0.15) is 0 Å². The van der Waals surface area contributed by atoms with Crippen molar-refractivity contribution in [2.75, 3.05) is 13.1 Å². The quantitative estimate of drug-likeness (QED) is 0.853. The van der Waals surface area contributed by atoms with Crippen molar-refractivity contribution in [3.63, 3.8) is 0 Å². The number of rotatable bonds is 5. The maximum atomic E-state index is 12.1. The van der Waals surface area contributed by atoms with Crippen LogP contribution in [-0.4, -0.2) is 34.5 Å². The zero-order valence-electron chi connectivity index (χ0n) is 10.8. The smallest absolute Gasteiger partial charge is 0.242 e.